The Balaban J connectivity index is 2.89. The predicted octanol–water partition coefficient (Wildman–Crippen LogP) is 1.29. The number of hydrogen-bond donors (Lipinski definition) is 2. The molecule has 5 nitrogen and oxygen atoms in total. The first-order valence-electron chi connectivity index (χ1n) is 5.53. The second-order valence-corrected chi connectivity index (χ2v) is 3.77. The first kappa shape index (κ1) is 14.3. The van der Waals surface area contributed by atoms with Gasteiger partial charge in [0.15, 0.2) is 0 Å². The number of rotatable bonds is 5. The molecule has 0 aliphatic carbocycles. The van der Waals surface area contributed by atoms with Gasteiger partial charge in [-0.15, -0.1) is 0 Å². The van der Waals surface area contributed by atoms with Crippen LogP contribution >= 0.6 is 0 Å². The van der Waals surface area contributed by atoms with Crippen molar-refractivity contribution in [2.75, 3.05) is 12.0 Å². The fraction of sp³-hybridized carbons (Fsp3) is 0.600. The van der Waals surface area contributed by atoms with Crippen molar-refractivity contribution >= 4 is 0 Å². The summed E-state index contributed by atoms with van der Waals surface area (Å²) in [6, 6.07) is 0.355. The second kappa shape index (κ2) is 5.74. The predicted molar refractivity (Wildman–Crippen MR) is 60.1 cm³/mol. The van der Waals surface area contributed by atoms with E-state index in [4.69, 9.17) is 0 Å². The molecule has 1 aromatic heterocycles. The number of halogens is 3. The monoisotopic (exact) mass is 265 g/mol. The van der Waals surface area contributed by atoms with E-state index in [1.54, 1.807) is 4.98 Å². The number of nitrogens with one attached hydrogen (secondary N) is 2. The van der Waals surface area contributed by atoms with Gasteiger partial charge < -0.3 is 10.4 Å². The summed E-state index contributed by atoms with van der Waals surface area (Å²) in [6.07, 6.45) is -2.15. The molecule has 0 fully saturated rings. The van der Waals surface area contributed by atoms with Gasteiger partial charge in [0, 0.05) is 12.6 Å². The Morgan fingerprint density at radius 3 is 2.50 bits per heavy atom. The molecule has 0 spiro atoms. The molecule has 0 saturated carbocycles. The van der Waals surface area contributed by atoms with Gasteiger partial charge in [-0.05, 0) is 6.42 Å². The quantitative estimate of drug-likeness (QED) is 0.788. The van der Waals surface area contributed by atoms with Crippen LogP contribution in [0.15, 0.2) is 15.7 Å². The standard InChI is InChI=1S/C10H14F3N3O2/c1-2-3-4-5-14-16-8(17)6-7(10(11,12)13)15-9(16)18/h6,14H,2-5H2,1H3,(H,15,18). The van der Waals surface area contributed by atoms with Crippen LogP contribution in [0.2, 0.25) is 0 Å². The minimum Gasteiger partial charge on any atom is -0.319 e. The Morgan fingerprint density at radius 2 is 2.00 bits per heavy atom. The molecule has 0 bridgehead atoms. The van der Waals surface area contributed by atoms with E-state index in [1.165, 1.54) is 0 Å². The SMILES string of the molecule is CCCCCNn1c(=O)cc(C(F)(F)F)[nH]c1=O. The van der Waals surface area contributed by atoms with Crippen molar-refractivity contribution in [1.29, 1.82) is 0 Å². The molecular weight excluding hydrogens is 251 g/mol. The lowest BCUT2D eigenvalue weighted by molar-refractivity contribution is -0.141. The molecule has 1 aromatic rings. The van der Waals surface area contributed by atoms with Crippen molar-refractivity contribution in [2.45, 2.75) is 32.4 Å². The molecule has 0 atom stereocenters. The molecule has 0 aliphatic heterocycles. The van der Waals surface area contributed by atoms with Crippen LogP contribution in [0.1, 0.15) is 31.9 Å². The number of nitrogens with zero attached hydrogens (tertiary/aromatic N) is 1. The van der Waals surface area contributed by atoms with Gasteiger partial charge in [-0.2, -0.15) is 17.8 Å². The maximum absolute atomic E-state index is 12.3. The number of hydrogen-bond acceptors (Lipinski definition) is 3. The number of aromatic amines is 1. The molecule has 0 aliphatic rings. The lowest BCUT2D eigenvalue weighted by Crippen LogP contribution is -2.42. The zero-order valence-electron chi connectivity index (χ0n) is 9.80. The zero-order chi connectivity index (χ0) is 13.8. The van der Waals surface area contributed by atoms with Crippen molar-refractivity contribution in [2.24, 2.45) is 0 Å². The first-order chi connectivity index (χ1) is 8.36. The van der Waals surface area contributed by atoms with Gasteiger partial charge in [0.05, 0.1) is 0 Å². The summed E-state index contributed by atoms with van der Waals surface area (Å²) < 4.78 is 37.4. The smallest absolute Gasteiger partial charge is 0.319 e. The van der Waals surface area contributed by atoms with E-state index < -0.39 is 23.1 Å². The average Bonchev–Trinajstić information content (AvgIpc) is 2.25. The van der Waals surface area contributed by atoms with Gasteiger partial charge in [0.2, 0.25) is 0 Å². The average molecular weight is 265 g/mol. The Labute approximate surface area is 101 Å². The van der Waals surface area contributed by atoms with Crippen molar-refractivity contribution in [3.8, 4) is 0 Å². The Kier molecular flexibility index (Phi) is 4.57. The topological polar surface area (TPSA) is 66.9 Å². The van der Waals surface area contributed by atoms with Crippen molar-refractivity contribution in [3.05, 3.63) is 32.6 Å². The summed E-state index contributed by atoms with van der Waals surface area (Å²) in [6.45, 7) is 2.33. The van der Waals surface area contributed by atoms with Crippen molar-refractivity contribution < 1.29 is 13.2 Å². The first-order valence-corrected chi connectivity index (χ1v) is 5.53. The second-order valence-electron chi connectivity index (χ2n) is 3.77. The van der Waals surface area contributed by atoms with Crippen LogP contribution in [0, 0.1) is 0 Å². The molecule has 0 amide bonds. The van der Waals surface area contributed by atoms with Crippen molar-refractivity contribution in [1.82, 2.24) is 9.66 Å². The summed E-state index contributed by atoms with van der Waals surface area (Å²) >= 11 is 0. The maximum atomic E-state index is 12.3. The molecule has 0 saturated heterocycles. The van der Waals surface area contributed by atoms with Gasteiger partial charge in [0.25, 0.3) is 5.56 Å². The number of H-pyrrole nitrogens is 1. The highest BCUT2D eigenvalue weighted by Crippen LogP contribution is 2.25. The van der Waals surface area contributed by atoms with Crippen LogP contribution in [0.4, 0.5) is 13.2 Å². The van der Waals surface area contributed by atoms with E-state index >= 15 is 0 Å². The highest BCUT2D eigenvalue weighted by molar-refractivity contribution is 5.04. The Morgan fingerprint density at radius 1 is 1.33 bits per heavy atom. The fourth-order valence-electron chi connectivity index (χ4n) is 1.36. The summed E-state index contributed by atoms with van der Waals surface area (Å²) in [5.41, 5.74) is -1.00. The molecule has 0 aromatic carbocycles. The Hall–Kier alpha value is -1.73. The highest BCUT2D eigenvalue weighted by Gasteiger charge is 2.32. The van der Waals surface area contributed by atoms with Gasteiger partial charge in [0.1, 0.15) is 5.69 Å². The molecule has 1 rings (SSSR count). The van der Waals surface area contributed by atoms with Crippen LogP contribution in [0.25, 0.3) is 0 Å². The molecule has 102 valence electrons. The number of unbranched alkanes of at least 4 members (excludes halogenated alkanes) is 2. The summed E-state index contributed by atoms with van der Waals surface area (Å²) in [4.78, 5) is 24.3. The van der Waals surface area contributed by atoms with Crippen LogP contribution in [-0.4, -0.2) is 16.2 Å². The van der Waals surface area contributed by atoms with Crippen LogP contribution in [0.3, 0.4) is 0 Å². The molecule has 0 unspecified atom stereocenters. The van der Waals surface area contributed by atoms with Crippen molar-refractivity contribution in [3.63, 3.8) is 0 Å². The molecule has 0 radical (unpaired) electrons. The van der Waals surface area contributed by atoms with E-state index in [-0.39, 0.29) is 0 Å². The van der Waals surface area contributed by atoms with Gasteiger partial charge in [-0.1, -0.05) is 19.8 Å². The van der Waals surface area contributed by atoms with Gasteiger partial charge in [-0.25, -0.2) is 4.79 Å². The van der Waals surface area contributed by atoms with E-state index in [0.29, 0.717) is 17.3 Å². The van der Waals surface area contributed by atoms with Crippen LogP contribution in [0.5, 0.6) is 0 Å². The minimum absolute atomic E-state index is 0.349. The molecule has 8 heteroatoms. The minimum atomic E-state index is -4.74. The molecule has 18 heavy (non-hydrogen) atoms. The zero-order valence-corrected chi connectivity index (χ0v) is 9.80. The maximum Gasteiger partial charge on any atom is 0.431 e. The lowest BCUT2D eigenvalue weighted by Gasteiger charge is -2.10. The van der Waals surface area contributed by atoms with Crippen LogP contribution in [-0.2, 0) is 6.18 Å². The summed E-state index contributed by atoms with van der Waals surface area (Å²) in [5.74, 6) is 0. The van der Waals surface area contributed by atoms with E-state index in [0.717, 1.165) is 19.3 Å². The molecule has 2 N–H and O–H groups in total. The van der Waals surface area contributed by atoms with E-state index in [2.05, 4.69) is 5.43 Å². The summed E-state index contributed by atoms with van der Waals surface area (Å²) in [5, 5.41) is 0. The van der Waals surface area contributed by atoms with E-state index in [1.807, 2.05) is 6.92 Å². The Bertz CT molecular complexity index is 473. The van der Waals surface area contributed by atoms with Crippen LogP contribution < -0.4 is 16.7 Å². The molecular formula is C10H14F3N3O2. The van der Waals surface area contributed by atoms with Gasteiger partial charge >= 0.3 is 11.9 Å². The number of alkyl halides is 3. The molecule has 1 heterocycles. The third kappa shape index (κ3) is 3.64. The fourth-order valence-corrected chi connectivity index (χ4v) is 1.36. The normalized spacial score (nSPS) is 11.6. The van der Waals surface area contributed by atoms with E-state index in [9.17, 15) is 22.8 Å². The lowest BCUT2D eigenvalue weighted by atomic mass is 10.2. The third-order valence-corrected chi connectivity index (χ3v) is 2.29. The van der Waals surface area contributed by atoms with Gasteiger partial charge in [-0.3, -0.25) is 4.79 Å². The third-order valence-electron chi connectivity index (χ3n) is 2.29. The highest BCUT2D eigenvalue weighted by atomic mass is 19.4. The number of aromatic nitrogens is 2. The largest absolute Gasteiger partial charge is 0.431 e. The summed E-state index contributed by atoms with van der Waals surface area (Å²) in [7, 11) is 0.